The number of methoxy groups -OCH3 is 1. The number of hydrogen-bond donors (Lipinski definition) is 1. The van der Waals surface area contributed by atoms with Crippen molar-refractivity contribution in [2.45, 2.75) is 4.90 Å². The molecule has 2 rings (SSSR count). The zero-order chi connectivity index (χ0) is 15.6. The van der Waals surface area contributed by atoms with Crippen LogP contribution in [0.1, 0.15) is 0 Å². The van der Waals surface area contributed by atoms with Crippen LogP contribution in [-0.2, 0) is 10.0 Å². The molecular formula is C13H10BrF2NO3S. The van der Waals surface area contributed by atoms with E-state index in [2.05, 4.69) is 20.7 Å². The van der Waals surface area contributed by atoms with Crippen LogP contribution in [0.25, 0.3) is 0 Å². The monoisotopic (exact) mass is 377 g/mol. The second-order valence-corrected chi connectivity index (χ2v) is 6.48. The zero-order valence-corrected chi connectivity index (χ0v) is 13.1. The highest BCUT2D eigenvalue weighted by Gasteiger charge is 2.24. The molecule has 2 aromatic carbocycles. The van der Waals surface area contributed by atoms with Crippen molar-refractivity contribution in [3.8, 4) is 5.75 Å². The number of rotatable bonds is 4. The van der Waals surface area contributed by atoms with Crippen molar-refractivity contribution in [2.75, 3.05) is 11.8 Å². The van der Waals surface area contributed by atoms with Crippen LogP contribution >= 0.6 is 15.9 Å². The molecule has 1 N–H and O–H groups in total. The Morgan fingerprint density at radius 1 is 1.19 bits per heavy atom. The van der Waals surface area contributed by atoms with Crippen molar-refractivity contribution >= 4 is 31.6 Å². The normalized spacial score (nSPS) is 11.2. The van der Waals surface area contributed by atoms with Gasteiger partial charge in [0.1, 0.15) is 22.3 Å². The van der Waals surface area contributed by atoms with Crippen molar-refractivity contribution in [1.82, 2.24) is 0 Å². The molecule has 0 heterocycles. The van der Waals surface area contributed by atoms with Gasteiger partial charge in [-0.05, 0) is 34.1 Å². The third-order valence-electron chi connectivity index (χ3n) is 2.58. The van der Waals surface area contributed by atoms with Gasteiger partial charge in [-0.25, -0.2) is 17.2 Å². The van der Waals surface area contributed by atoms with Gasteiger partial charge in [0, 0.05) is 10.5 Å². The average molecular weight is 378 g/mol. The van der Waals surface area contributed by atoms with Crippen LogP contribution in [-0.4, -0.2) is 15.5 Å². The van der Waals surface area contributed by atoms with E-state index in [0.717, 1.165) is 6.07 Å². The molecule has 8 heteroatoms. The van der Waals surface area contributed by atoms with E-state index in [-0.39, 0.29) is 15.9 Å². The highest BCUT2D eigenvalue weighted by Crippen LogP contribution is 2.30. The molecule has 0 saturated carbocycles. The van der Waals surface area contributed by atoms with Gasteiger partial charge in [0.25, 0.3) is 10.0 Å². The maximum absolute atomic E-state index is 13.8. The molecule has 4 nitrogen and oxygen atoms in total. The Bertz CT molecular complexity index is 758. The zero-order valence-electron chi connectivity index (χ0n) is 10.7. The topological polar surface area (TPSA) is 55.4 Å². The first-order valence-corrected chi connectivity index (χ1v) is 7.93. The van der Waals surface area contributed by atoms with Gasteiger partial charge in [0.05, 0.1) is 12.8 Å². The Kier molecular flexibility index (Phi) is 4.48. The van der Waals surface area contributed by atoms with Crippen LogP contribution in [0.5, 0.6) is 5.75 Å². The van der Waals surface area contributed by atoms with Crippen molar-refractivity contribution in [3.63, 3.8) is 0 Å². The van der Waals surface area contributed by atoms with Crippen LogP contribution in [0.3, 0.4) is 0 Å². The number of anilines is 1. The summed E-state index contributed by atoms with van der Waals surface area (Å²) in [6, 6.07) is 7.64. The molecule has 0 aliphatic carbocycles. The second-order valence-electron chi connectivity index (χ2n) is 4.00. The van der Waals surface area contributed by atoms with Crippen molar-refractivity contribution < 1.29 is 21.9 Å². The molecule has 0 saturated heterocycles. The third-order valence-corrected chi connectivity index (χ3v) is 4.91. The molecule has 0 radical (unpaired) electrons. The minimum Gasteiger partial charge on any atom is -0.495 e. The molecule has 0 aliphatic rings. The smallest absolute Gasteiger partial charge is 0.266 e. The largest absolute Gasteiger partial charge is 0.495 e. The number of halogens is 3. The predicted octanol–water partition coefficient (Wildman–Crippen LogP) is 3.54. The highest BCUT2D eigenvalue weighted by molar-refractivity contribution is 9.10. The summed E-state index contributed by atoms with van der Waals surface area (Å²) in [5, 5.41) is 0. The van der Waals surface area contributed by atoms with Gasteiger partial charge in [-0.2, -0.15) is 0 Å². The summed E-state index contributed by atoms with van der Waals surface area (Å²) in [7, 11) is -2.87. The number of ether oxygens (including phenoxy) is 1. The van der Waals surface area contributed by atoms with Crippen LogP contribution in [0.4, 0.5) is 14.5 Å². The number of benzene rings is 2. The first-order chi connectivity index (χ1) is 9.85. The van der Waals surface area contributed by atoms with Gasteiger partial charge in [-0.15, -0.1) is 0 Å². The second kappa shape index (κ2) is 5.98. The van der Waals surface area contributed by atoms with Crippen molar-refractivity contribution in [3.05, 3.63) is 52.5 Å². The van der Waals surface area contributed by atoms with E-state index in [1.165, 1.54) is 13.2 Å². The maximum Gasteiger partial charge on any atom is 0.266 e. The quantitative estimate of drug-likeness (QED) is 0.886. The number of hydrogen-bond acceptors (Lipinski definition) is 3. The summed E-state index contributed by atoms with van der Waals surface area (Å²) in [6.45, 7) is 0. The lowest BCUT2D eigenvalue weighted by Crippen LogP contribution is -2.16. The van der Waals surface area contributed by atoms with E-state index in [1.54, 1.807) is 18.2 Å². The Hall–Kier alpha value is -1.67. The first-order valence-electron chi connectivity index (χ1n) is 5.65. The van der Waals surface area contributed by atoms with E-state index in [0.29, 0.717) is 6.07 Å². The summed E-state index contributed by atoms with van der Waals surface area (Å²) in [4.78, 5) is -0.671. The average Bonchev–Trinajstić information content (AvgIpc) is 2.37. The lowest BCUT2D eigenvalue weighted by molar-refractivity contribution is 0.417. The molecule has 0 unspecified atom stereocenters. The van der Waals surface area contributed by atoms with E-state index in [4.69, 9.17) is 4.74 Å². The van der Waals surface area contributed by atoms with E-state index in [9.17, 15) is 17.2 Å². The fourth-order valence-electron chi connectivity index (χ4n) is 1.71. The SMILES string of the molecule is COc1ccccc1NS(=O)(=O)c1c(F)cc(F)cc1Br. The van der Waals surface area contributed by atoms with E-state index in [1.807, 2.05) is 0 Å². The Morgan fingerprint density at radius 2 is 1.86 bits per heavy atom. The van der Waals surface area contributed by atoms with Crippen molar-refractivity contribution in [1.29, 1.82) is 0 Å². The lowest BCUT2D eigenvalue weighted by atomic mass is 10.3. The minimum absolute atomic E-state index is 0.149. The van der Waals surface area contributed by atoms with Gasteiger partial charge in [0.15, 0.2) is 0 Å². The molecule has 0 atom stereocenters. The van der Waals surface area contributed by atoms with Gasteiger partial charge >= 0.3 is 0 Å². The summed E-state index contributed by atoms with van der Waals surface area (Å²) < 4.78 is 58.4. The standard InChI is InChI=1S/C13H10BrF2NO3S/c1-20-12-5-3-2-4-11(12)17-21(18,19)13-9(14)6-8(15)7-10(13)16/h2-7,17H,1H3. The molecule has 0 fully saturated rings. The molecule has 0 amide bonds. The molecule has 0 aliphatic heterocycles. The maximum atomic E-state index is 13.8. The van der Waals surface area contributed by atoms with Gasteiger partial charge in [-0.1, -0.05) is 12.1 Å². The van der Waals surface area contributed by atoms with Gasteiger partial charge in [0.2, 0.25) is 0 Å². The third kappa shape index (κ3) is 3.33. The Balaban J connectivity index is 2.49. The van der Waals surface area contributed by atoms with Gasteiger partial charge < -0.3 is 4.74 Å². The van der Waals surface area contributed by atoms with Crippen LogP contribution in [0, 0.1) is 11.6 Å². The van der Waals surface area contributed by atoms with Crippen LogP contribution < -0.4 is 9.46 Å². The number of para-hydroxylation sites is 2. The van der Waals surface area contributed by atoms with Crippen LogP contribution in [0.15, 0.2) is 45.8 Å². The molecule has 0 spiro atoms. The van der Waals surface area contributed by atoms with E-state index < -0.39 is 26.6 Å². The molecule has 0 bridgehead atoms. The Morgan fingerprint density at radius 3 is 2.48 bits per heavy atom. The summed E-state index contributed by atoms with van der Waals surface area (Å²) in [6.07, 6.45) is 0. The van der Waals surface area contributed by atoms with Crippen molar-refractivity contribution in [2.24, 2.45) is 0 Å². The lowest BCUT2D eigenvalue weighted by Gasteiger charge is -2.13. The number of nitrogens with one attached hydrogen (secondary N) is 1. The highest BCUT2D eigenvalue weighted by atomic mass is 79.9. The van der Waals surface area contributed by atoms with E-state index >= 15 is 0 Å². The Labute approximate surface area is 128 Å². The summed E-state index contributed by atoms with van der Waals surface area (Å²) in [5.74, 6) is -1.79. The molecular weight excluding hydrogens is 368 g/mol. The molecule has 0 aromatic heterocycles. The van der Waals surface area contributed by atoms with Crippen LogP contribution in [0.2, 0.25) is 0 Å². The summed E-state index contributed by atoms with van der Waals surface area (Å²) >= 11 is 2.85. The summed E-state index contributed by atoms with van der Waals surface area (Å²) in [5.41, 5.74) is 0.149. The minimum atomic E-state index is -4.24. The van der Waals surface area contributed by atoms with Gasteiger partial charge in [-0.3, -0.25) is 4.72 Å². The molecule has 21 heavy (non-hydrogen) atoms. The number of sulfonamides is 1. The molecule has 112 valence electrons. The predicted molar refractivity (Wildman–Crippen MR) is 77.9 cm³/mol. The fourth-order valence-corrected chi connectivity index (χ4v) is 3.95. The molecule has 2 aromatic rings. The first kappa shape index (κ1) is 15.7. The fraction of sp³-hybridized carbons (Fsp3) is 0.0769.